The molecule has 0 amide bonds. The average molecular weight is 376 g/mol. The van der Waals surface area contributed by atoms with Gasteiger partial charge >= 0.3 is 0 Å². The van der Waals surface area contributed by atoms with Crippen LogP contribution in [0, 0.1) is 22.7 Å². The van der Waals surface area contributed by atoms with Crippen LogP contribution in [0.25, 0.3) is 0 Å². The van der Waals surface area contributed by atoms with Crippen molar-refractivity contribution in [3.63, 3.8) is 0 Å². The second kappa shape index (κ2) is 4.52. The molecule has 4 aliphatic carbocycles. The van der Waals surface area contributed by atoms with Gasteiger partial charge in [0.2, 0.25) is 0 Å². The Morgan fingerprint density at radius 3 is 1.31 bits per heavy atom. The number of fused-ring (bicyclic) bond motifs is 5. The van der Waals surface area contributed by atoms with Crippen molar-refractivity contribution >= 4 is 0 Å². The first-order valence-electron chi connectivity index (χ1n) is 11.2. The van der Waals surface area contributed by atoms with E-state index in [-0.39, 0.29) is 22.0 Å². The molecule has 6 bridgehead atoms. The summed E-state index contributed by atoms with van der Waals surface area (Å²) in [5, 5.41) is 0. The van der Waals surface area contributed by atoms with E-state index in [1.165, 1.54) is 47.9 Å². The third-order valence-electron chi connectivity index (χ3n) is 9.73. The predicted molar refractivity (Wildman–Crippen MR) is 112 cm³/mol. The van der Waals surface area contributed by atoms with Crippen molar-refractivity contribution in [3.8, 4) is 0 Å². The summed E-state index contributed by atoms with van der Waals surface area (Å²) in [6.45, 7) is 0. The third kappa shape index (κ3) is 1.28. The number of rotatable bonds is 2. The van der Waals surface area contributed by atoms with E-state index in [0.717, 1.165) is 11.8 Å². The highest BCUT2D eigenvalue weighted by Crippen LogP contribution is 2.93. The Labute approximate surface area is 171 Å². The second-order valence-corrected chi connectivity index (χ2v) is 10.2. The van der Waals surface area contributed by atoms with Crippen molar-refractivity contribution in [3.05, 3.63) is 107 Å². The van der Waals surface area contributed by atoms with Crippen LogP contribution < -0.4 is 0 Å². The lowest BCUT2D eigenvalue weighted by Crippen LogP contribution is -2.52. The molecule has 3 aromatic rings. The van der Waals surface area contributed by atoms with E-state index in [0.29, 0.717) is 0 Å². The van der Waals surface area contributed by atoms with Crippen molar-refractivity contribution in [2.24, 2.45) is 22.7 Å². The van der Waals surface area contributed by atoms with Gasteiger partial charge in [-0.3, -0.25) is 0 Å². The second-order valence-electron chi connectivity index (χ2n) is 10.2. The lowest BCUT2D eigenvalue weighted by Gasteiger charge is -2.51. The maximum Gasteiger partial charge on any atom is 0.126 e. The summed E-state index contributed by atoms with van der Waals surface area (Å²) in [5.74, 6) is 1.78. The summed E-state index contributed by atoms with van der Waals surface area (Å²) in [7, 11) is 0. The zero-order valence-electron chi connectivity index (χ0n) is 16.5. The molecule has 9 rings (SSSR count). The highest BCUT2D eigenvalue weighted by molar-refractivity contribution is 5.63. The fourth-order valence-electron chi connectivity index (χ4n) is 9.27. The lowest BCUT2D eigenvalue weighted by molar-refractivity contribution is -0.0827. The van der Waals surface area contributed by atoms with Crippen LogP contribution in [0.1, 0.15) is 47.9 Å². The van der Waals surface area contributed by atoms with Crippen molar-refractivity contribution in [2.45, 2.75) is 36.9 Å². The first kappa shape index (κ1) is 15.5. The van der Waals surface area contributed by atoms with E-state index in [4.69, 9.17) is 4.74 Å². The molecular formula is C28H24O. The van der Waals surface area contributed by atoms with Crippen molar-refractivity contribution in [1.82, 2.24) is 0 Å². The number of benzene rings is 3. The molecule has 0 aromatic heterocycles. The van der Waals surface area contributed by atoms with E-state index >= 15 is 0 Å². The third-order valence-corrected chi connectivity index (χ3v) is 9.73. The van der Waals surface area contributed by atoms with Gasteiger partial charge in [0.05, 0.1) is 0 Å². The molecule has 3 aromatic carbocycles. The summed E-state index contributed by atoms with van der Waals surface area (Å²) >= 11 is 0. The van der Waals surface area contributed by atoms with Gasteiger partial charge in [-0.05, 0) is 59.8 Å². The summed E-state index contributed by atoms with van der Waals surface area (Å²) in [5.41, 5.74) is 5.48. The van der Waals surface area contributed by atoms with E-state index in [9.17, 15) is 0 Å². The maximum atomic E-state index is 7.62. The zero-order valence-corrected chi connectivity index (χ0v) is 16.5. The van der Waals surface area contributed by atoms with Crippen LogP contribution in [0.3, 0.4) is 0 Å². The molecule has 6 aliphatic rings. The van der Waals surface area contributed by atoms with E-state index < -0.39 is 0 Å². The van der Waals surface area contributed by atoms with Gasteiger partial charge in [-0.1, -0.05) is 84.9 Å². The highest BCUT2D eigenvalue weighted by Gasteiger charge is 2.91. The summed E-state index contributed by atoms with van der Waals surface area (Å²) < 4.78 is 7.62. The maximum absolute atomic E-state index is 7.62. The monoisotopic (exact) mass is 376 g/mol. The molecule has 1 saturated heterocycles. The Morgan fingerprint density at radius 2 is 0.897 bits per heavy atom. The molecule has 0 N–H and O–H groups in total. The van der Waals surface area contributed by atoms with Crippen LogP contribution >= 0.6 is 0 Å². The van der Waals surface area contributed by atoms with Crippen LogP contribution in [-0.2, 0) is 15.9 Å². The fourth-order valence-corrected chi connectivity index (χ4v) is 9.27. The van der Waals surface area contributed by atoms with E-state index in [1.807, 2.05) is 0 Å². The molecule has 5 fully saturated rings. The smallest absolute Gasteiger partial charge is 0.126 e. The molecule has 2 atom stereocenters. The highest BCUT2D eigenvalue weighted by atomic mass is 16.5. The van der Waals surface area contributed by atoms with Crippen molar-refractivity contribution < 1.29 is 4.74 Å². The topological polar surface area (TPSA) is 9.23 Å². The summed E-state index contributed by atoms with van der Waals surface area (Å²) in [4.78, 5) is 0. The molecule has 2 aliphatic heterocycles. The number of ether oxygens (including phenoxy) is 1. The summed E-state index contributed by atoms with van der Waals surface area (Å²) in [6.07, 6.45) is 5.37. The number of hydrogen-bond donors (Lipinski definition) is 0. The Kier molecular flexibility index (Phi) is 2.41. The first-order chi connectivity index (χ1) is 14.3. The molecule has 4 saturated carbocycles. The van der Waals surface area contributed by atoms with Gasteiger partial charge in [0, 0.05) is 10.8 Å². The van der Waals surface area contributed by atoms with E-state index in [1.54, 1.807) is 0 Å². The minimum absolute atomic E-state index is 0.237. The zero-order chi connectivity index (χ0) is 18.9. The van der Waals surface area contributed by atoms with Crippen LogP contribution in [0.4, 0.5) is 0 Å². The molecule has 0 radical (unpaired) electrons. The van der Waals surface area contributed by atoms with Gasteiger partial charge in [0.15, 0.2) is 0 Å². The van der Waals surface area contributed by atoms with Crippen molar-refractivity contribution in [1.29, 1.82) is 0 Å². The van der Waals surface area contributed by atoms with Gasteiger partial charge in [-0.15, -0.1) is 0 Å². The molecule has 2 spiro atoms. The molecule has 1 heteroatoms. The lowest BCUT2D eigenvalue weighted by atomic mass is 9.47. The SMILES string of the molecule is c1ccc(C23OC(c4ccccc4)(c4ccccc42)C24CC5CC32CC5C4)cc1. The largest absolute Gasteiger partial charge is 0.348 e. The van der Waals surface area contributed by atoms with Gasteiger partial charge in [-0.25, -0.2) is 0 Å². The standard InChI is InChI=1S/C28H24O/c1-3-9-21(10-4-1)27-23-13-7-8-14-24(23)28(29-27,22-11-5-2-6-12-22)26-17-19-15-25(26,27)16-20(19)18-26/h1-14,19-20H,15-18H2. The van der Waals surface area contributed by atoms with Gasteiger partial charge in [0.1, 0.15) is 11.2 Å². The Balaban J connectivity index is 1.57. The fraction of sp³-hybridized carbons (Fsp3) is 0.357. The van der Waals surface area contributed by atoms with Gasteiger partial charge in [-0.2, -0.15) is 0 Å². The average Bonchev–Trinajstić information content (AvgIpc) is 3.57. The van der Waals surface area contributed by atoms with Gasteiger partial charge < -0.3 is 4.74 Å². The van der Waals surface area contributed by atoms with Crippen LogP contribution in [0.5, 0.6) is 0 Å². The van der Waals surface area contributed by atoms with Crippen LogP contribution in [0.15, 0.2) is 84.9 Å². The van der Waals surface area contributed by atoms with E-state index in [2.05, 4.69) is 84.9 Å². The molecule has 29 heavy (non-hydrogen) atoms. The van der Waals surface area contributed by atoms with Crippen LogP contribution in [0.2, 0.25) is 0 Å². The minimum Gasteiger partial charge on any atom is -0.348 e. The molecule has 142 valence electrons. The predicted octanol–water partition coefficient (Wildman–Crippen LogP) is 6.02. The minimum atomic E-state index is -0.305. The quantitative estimate of drug-likeness (QED) is 0.531. The molecule has 2 unspecified atom stereocenters. The van der Waals surface area contributed by atoms with Crippen LogP contribution in [-0.4, -0.2) is 0 Å². The molecule has 2 heterocycles. The first-order valence-corrected chi connectivity index (χ1v) is 11.2. The Morgan fingerprint density at radius 1 is 0.517 bits per heavy atom. The summed E-state index contributed by atoms with van der Waals surface area (Å²) in [6, 6.07) is 31.6. The Hall–Kier alpha value is -2.38. The van der Waals surface area contributed by atoms with Crippen molar-refractivity contribution in [2.75, 3.05) is 0 Å². The Bertz CT molecular complexity index is 1060. The molecular weight excluding hydrogens is 352 g/mol. The number of hydrogen-bond acceptors (Lipinski definition) is 1. The van der Waals surface area contributed by atoms with Gasteiger partial charge in [0.25, 0.3) is 0 Å². The molecule has 1 nitrogen and oxygen atoms in total. The normalized spacial score (nSPS) is 44.4.